The molecular formula is C15H21N3O3. The van der Waals surface area contributed by atoms with E-state index < -0.39 is 0 Å². The maximum Gasteiger partial charge on any atom is 0.254 e. The van der Waals surface area contributed by atoms with Gasteiger partial charge in [0.1, 0.15) is 12.3 Å². The summed E-state index contributed by atoms with van der Waals surface area (Å²) in [5.74, 6) is 0.355. The molecule has 6 nitrogen and oxygen atoms in total. The van der Waals surface area contributed by atoms with Crippen LogP contribution in [0, 0.1) is 0 Å². The van der Waals surface area contributed by atoms with Gasteiger partial charge < -0.3 is 20.3 Å². The van der Waals surface area contributed by atoms with Crippen LogP contribution in [0.25, 0.3) is 0 Å². The van der Waals surface area contributed by atoms with E-state index in [0.717, 1.165) is 6.42 Å². The van der Waals surface area contributed by atoms with Gasteiger partial charge in [0.15, 0.2) is 0 Å². The molecule has 1 aromatic carbocycles. The molecule has 114 valence electrons. The molecule has 0 bridgehead atoms. The number of carbonyl (C=O) groups excluding carboxylic acids is 2. The molecule has 1 saturated heterocycles. The minimum atomic E-state index is -0.173. The lowest BCUT2D eigenvalue weighted by Crippen LogP contribution is -2.38. The minimum Gasteiger partial charge on any atom is -0.492 e. The van der Waals surface area contributed by atoms with Gasteiger partial charge >= 0.3 is 0 Å². The van der Waals surface area contributed by atoms with Crippen molar-refractivity contribution in [3.05, 3.63) is 23.8 Å². The maximum atomic E-state index is 12.5. The predicted molar refractivity (Wildman–Crippen MR) is 80.2 cm³/mol. The molecule has 2 amide bonds. The molecule has 2 rings (SSSR count). The Morgan fingerprint density at radius 2 is 2.14 bits per heavy atom. The van der Waals surface area contributed by atoms with E-state index in [-0.39, 0.29) is 18.4 Å². The number of likely N-dealkylation sites (N-methyl/N-ethyl adjacent to an activating group) is 1. The number of nitrogens with zero attached hydrogens (tertiary/aromatic N) is 2. The first-order valence-electron chi connectivity index (χ1n) is 7.08. The van der Waals surface area contributed by atoms with Gasteiger partial charge in [-0.3, -0.25) is 9.59 Å². The second-order valence-electron chi connectivity index (χ2n) is 5.08. The Kier molecular flexibility index (Phi) is 4.67. The Morgan fingerprint density at radius 3 is 2.81 bits per heavy atom. The van der Waals surface area contributed by atoms with Crippen LogP contribution in [0.2, 0.25) is 0 Å². The summed E-state index contributed by atoms with van der Waals surface area (Å²) in [6.45, 7) is 3.75. The fraction of sp³-hybridized carbons (Fsp3) is 0.467. The first-order chi connectivity index (χ1) is 10.0. The van der Waals surface area contributed by atoms with Crippen molar-refractivity contribution in [2.24, 2.45) is 0 Å². The number of rotatable bonds is 3. The quantitative estimate of drug-likeness (QED) is 0.842. The first kappa shape index (κ1) is 15.2. The van der Waals surface area contributed by atoms with Crippen molar-refractivity contribution in [1.29, 1.82) is 0 Å². The zero-order chi connectivity index (χ0) is 15.4. The summed E-state index contributed by atoms with van der Waals surface area (Å²) in [4.78, 5) is 27.6. The summed E-state index contributed by atoms with van der Waals surface area (Å²) in [6.07, 6.45) is 0.778. The van der Waals surface area contributed by atoms with Crippen molar-refractivity contribution in [3.63, 3.8) is 0 Å². The van der Waals surface area contributed by atoms with E-state index in [1.54, 1.807) is 35.0 Å². The molecule has 1 aromatic rings. The van der Waals surface area contributed by atoms with E-state index in [1.807, 2.05) is 6.92 Å². The number of anilines is 1. The number of nitrogens with two attached hydrogens (primary N) is 1. The zero-order valence-electron chi connectivity index (χ0n) is 12.5. The molecule has 0 aliphatic carbocycles. The normalized spacial score (nSPS) is 15.8. The second-order valence-corrected chi connectivity index (χ2v) is 5.08. The van der Waals surface area contributed by atoms with Gasteiger partial charge in [0.25, 0.3) is 5.91 Å². The molecule has 1 fully saturated rings. The van der Waals surface area contributed by atoms with Gasteiger partial charge in [0, 0.05) is 25.7 Å². The lowest BCUT2D eigenvalue weighted by molar-refractivity contribution is -0.129. The Morgan fingerprint density at radius 1 is 1.38 bits per heavy atom. The van der Waals surface area contributed by atoms with Crippen LogP contribution >= 0.6 is 0 Å². The fourth-order valence-corrected chi connectivity index (χ4v) is 2.31. The number of nitrogen functional groups attached to an aromatic ring is 1. The topological polar surface area (TPSA) is 75.9 Å². The van der Waals surface area contributed by atoms with Crippen molar-refractivity contribution in [1.82, 2.24) is 9.80 Å². The van der Waals surface area contributed by atoms with Gasteiger partial charge in [-0.05, 0) is 31.5 Å². The Hall–Kier alpha value is -2.24. The molecule has 0 atom stereocenters. The monoisotopic (exact) mass is 291 g/mol. The number of amides is 2. The average Bonchev–Trinajstić information content (AvgIpc) is 2.63. The number of hydrogen-bond donors (Lipinski definition) is 1. The highest BCUT2D eigenvalue weighted by molar-refractivity contribution is 5.97. The molecule has 1 aliphatic heterocycles. The summed E-state index contributed by atoms with van der Waals surface area (Å²) >= 11 is 0. The second kappa shape index (κ2) is 6.47. The van der Waals surface area contributed by atoms with E-state index in [9.17, 15) is 9.59 Å². The van der Waals surface area contributed by atoms with Gasteiger partial charge in [-0.25, -0.2) is 0 Å². The minimum absolute atomic E-state index is 0.0419. The number of hydrogen-bond acceptors (Lipinski definition) is 4. The highest BCUT2D eigenvalue weighted by Crippen LogP contribution is 2.23. The third-order valence-electron chi connectivity index (χ3n) is 3.52. The van der Waals surface area contributed by atoms with Crippen molar-refractivity contribution >= 4 is 17.5 Å². The Balaban J connectivity index is 2.15. The van der Waals surface area contributed by atoms with E-state index in [4.69, 9.17) is 10.5 Å². The third-order valence-corrected chi connectivity index (χ3v) is 3.52. The molecule has 1 aliphatic rings. The van der Waals surface area contributed by atoms with Gasteiger partial charge in [0.2, 0.25) is 5.91 Å². The number of carbonyl (C=O) groups is 2. The fourth-order valence-electron chi connectivity index (χ4n) is 2.31. The highest BCUT2D eigenvalue weighted by Gasteiger charge is 2.24. The molecule has 0 aromatic heterocycles. The van der Waals surface area contributed by atoms with Crippen LogP contribution in [0.15, 0.2) is 18.2 Å². The van der Waals surface area contributed by atoms with Crippen LogP contribution in [0.3, 0.4) is 0 Å². The average molecular weight is 291 g/mol. The molecule has 21 heavy (non-hydrogen) atoms. The standard InChI is InChI=1S/C15H21N3O3/c1-3-21-13-6-5-11(9-12(13)16)15(20)18-8-4-7-17(2)14(19)10-18/h5-6,9H,3-4,7-8,10,16H2,1-2H3. The molecule has 1 heterocycles. The number of ether oxygens (including phenoxy) is 1. The van der Waals surface area contributed by atoms with Crippen molar-refractivity contribution in [2.75, 3.05) is 39.0 Å². The largest absolute Gasteiger partial charge is 0.492 e. The van der Waals surface area contributed by atoms with Crippen molar-refractivity contribution in [3.8, 4) is 5.75 Å². The summed E-state index contributed by atoms with van der Waals surface area (Å²) in [6, 6.07) is 4.98. The summed E-state index contributed by atoms with van der Waals surface area (Å²) in [5.41, 5.74) is 6.80. The van der Waals surface area contributed by atoms with Crippen LogP contribution in [0.1, 0.15) is 23.7 Å². The molecule has 2 N–H and O–H groups in total. The zero-order valence-corrected chi connectivity index (χ0v) is 12.5. The highest BCUT2D eigenvalue weighted by atomic mass is 16.5. The van der Waals surface area contributed by atoms with E-state index in [2.05, 4.69) is 0 Å². The molecular weight excluding hydrogens is 270 g/mol. The van der Waals surface area contributed by atoms with Gasteiger partial charge in [-0.2, -0.15) is 0 Å². The lowest BCUT2D eigenvalue weighted by atomic mass is 10.1. The van der Waals surface area contributed by atoms with Gasteiger partial charge in [-0.15, -0.1) is 0 Å². The smallest absolute Gasteiger partial charge is 0.254 e. The summed E-state index contributed by atoms with van der Waals surface area (Å²) in [5, 5.41) is 0. The van der Waals surface area contributed by atoms with E-state index in [0.29, 0.717) is 36.7 Å². The predicted octanol–water partition coefficient (Wildman–Crippen LogP) is 0.972. The number of benzene rings is 1. The molecule has 0 spiro atoms. The van der Waals surface area contributed by atoms with Gasteiger partial charge in [-0.1, -0.05) is 0 Å². The lowest BCUT2D eigenvalue weighted by Gasteiger charge is -2.20. The van der Waals surface area contributed by atoms with E-state index in [1.165, 1.54) is 0 Å². The van der Waals surface area contributed by atoms with Crippen LogP contribution in [0.4, 0.5) is 5.69 Å². The Bertz CT molecular complexity index is 545. The summed E-state index contributed by atoms with van der Waals surface area (Å²) in [7, 11) is 1.76. The van der Waals surface area contributed by atoms with Crippen molar-refractivity contribution < 1.29 is 14.3 Å². The van der Waals surface area contributed by atoms with Crippen LogP contribution < -0.4 is 10.5 Å². The van der Waals surface area contributed by atoms with Crippen molar-refractivity contribution in [2.45, 2.75) is 13.3 Å². The third kappa shape index (κ3) is 3.45. The SMILES string of the molecule is CCOc1ccc(C(=O)N2CCCN(C)C(=O)C2)cc1N. The van der Waals surface area contributed by atoms with Crippen LogP contribution in [-0.2, 0) is 4.79 Å². The molecule has 0 radical (unpaired) electrons. The Labute approximate surface area is 124 Å². The maximum absolute atomic E-state index is 12.5. The molecule has 0 unspecified atom stereocenters. The van der Waals surface area contributed by atoms with Gasteiger partial charge in [0.05, 0.1) is 12.3 Å². The first-order valence-corrected chi connectivity index (χ1v) is 7.08. The van der Waals surface area contributed by atoms with E-state index >= 15 is 0 Å². The van der Waals surface area contributed by atoms with Crippen LogP contribution in [-0.4, -0.2) is 54.9 Å². The summed E-state index contributed by atoms with van der Waals surface area (Å²) < 4.78 is 5.36. The van der Waals surface area contributed by atoms with Crippen LogP contribution in [0.5, 0.6) is 5.75 Å². The molecule has 6 heteroatoms. The molecule has 0 saturated carbocycles.